The smallest absolute Gasteiger partial charge is 0.330 e. The van der Waals surface area contributed by atoms with Crippen LogP contribution in [0.2, 0.25) is 10.0 Å². The van der Waals surface area contributed by atoms with Crippen LogP contribution in [0.3, 0.4) is 0 Å². The van der Waals surface area contributed by atoms with Crippen LogP contribution in [-0.2, 0) is 35.6 Å². The molecule has 12 heteroatoms. The number of halogens is 3. The van der Waals surface area contributed by atoms with E-state index in [0.717, 1.165) is 11.1 Å². The van der Waals surface area contributed by atoms with Gasteiger partial charge in [0.2, 0.25) is 0 Å². The maximum atomic E-state index is 13.7. The van der Waals surface area contributed by atoms with Crippen molar-refractivity contribution >= 4 is 47.0 Å². The van der Waals surface area contributed by atoms with Crippen LogP contribution in [0.5, 0.6) is 0 Å². The van der Waals surface area contributed by atoms with Gasteiger partial charge in [-0.05, 0) is 46.9 Å². The highest BCUT2D eigenvalue weighted by molar-refractivity contribution is 6.41. The number of hydrogen-bond donors (Lipinski definition) is 2. The molecule has 0 radical (unpaired) electrons. The Morgan fingerprint density at radius 2 is 1.60 bits per heavy atom. The van der Waals surface area contributed by atoms with Crippen molar-refractivity contribution in [2.75, 3.05) is 20.1 Å². The van der Waals surface area contributed by atoms with Crippen molar-refractivity contribution in [2.45, 2.75) is 32.2 Å². The Labute approximate surface area is 287 Å². The van der Waals surface area contributed by atoms with Crippen molar-refractivity contribution in [1.29, 1.82) is 0 Å². The van der Waals surface area contributed by atoms with Crippen LogP contribution in [0.4, 0.5) is 9.18 Å². The molecule has 4 aromatic carbocycles. The van der Waals surface area contributed by atoms with Gasteiger partial charge in [0.15, 0.2) is 0 Å². The first-order chi connectivity index (χ1) is 23.1. The summed E-state index contributed by atoms with van der Waals surface area (Å²) in [4.78, 5) is 56.2. The number of carbonyl (C=O) groups excluding carboxylic acids is 4. The molecule has 0 spiro atoms. The van der Waals surface area contributed by atoms with Crippen LogP contribution in [0, 0.1) is 5.82 Å². The molecule has 0 saturated heterocycles. The molecule has 48 heavy (non-hydrogen) atoms. The first kappa shape index (κ1) is 34.4. The second-order valence-corrected chi connectivity index (χ2v) is 12.1. The summed E-state index contributed by atoms with van der Waals surface area (Å²) in [6.45, 7) is 0.447. The summed E-state index contributed by atoms with van der Waals surface area (Å²) in [6.07, 6.45) is 0.318. The monoisotopic (exact) mass is 690 g/mol. The Morgan fingerprint density at radius 3 is 2.29 bits per heavy atom. The maximum Gasteiger partial charge on any atom is 0.330 e. The van der Waals surface area contributed by atoms with Crippen molar-refractivity contribution in [1.82, 2.24) is 20.4 Å². The molecule has 1 aliphatic rings. The summed E-state index contributed by atoms with van der Waals surface area (Å²) in [6, 6.07) is 24.0. The van der Waals surface area contributed by atoms with Gasteiger partial charge in [0.05, 0.1) is 22.2 Å². The van der Waals surface area contributed by atoms with E-state index in [-0.39, 0.29) is 53.3 Å². The minimum atomic E-state index is -1.30. The van der Waals surface area contributed by atoms with Crippen LogP contribution >= 0.6 is 23.2 Å². The average molecular weight is 692 g/mol. The van der Waals surface area contributed by atoms with Crippen LogP contribution in [-0.4, -0.2) is 59.8 Å². The Balaban J connectivity index is 1.31. The second-order valence-electron chi connectivity index (χ2n) is 11.3. The maximum absolute atomic E-state index is 13.7. The van der Waals surface area contributed by atoms with E-state index in [4.69, 9.17) is 27.9 Å². The van der Waals surface area contributed by atoms with Gasteiger partial charge in [-0.15, -0.1) is 0 Å². The standard InChI is InChI=1S/C36H33Cl2FN4O5/c1-42(20-23-9-4-2-5-10-23)36(47)40-19-30(35(46)48-22-24-11-6-3-7-12-24)41-33(44)31-29(37)18-28-27(32(31)38)15-16-43(34(28)45)21-25-13-8-14-26(39)17-25/h2-14,17-18,30H,15-16,19-22H2,1H3,(H,40,47)(H,41,44)/t30-/m0/s1. The van der Waals surface area contributed by atoms with E-state index in [2.05, 4.69) is 10.6 Å². The van der Waals surface area contributed by atoms with Crippen molar-refractivity contribution < 1.29 is 28.3 Å². The zero-order valence-electron chi connectivity index (χ0n) is 26.0. The number of fused-ring (bicyclic) bond motifs is 1. The normalized spacial score (nSPS) is 12.9. The lowest BCUT2D eigenvalue weighted by atomic mass is 9.95. The summed E-state index contributed by atoms with van der Waals surface area (Å²) in [5, 5.41) is 5.18. The number of esters is 1. The van der Waals surface area contributed by atoms with E-state index in [1.54, 1.807) is 48.3 Å². The quantitative estimate of drug-likeness (QED) is 0.187. The summed E-state index contributed by atoms with van der Waals surface area (Å²) >= 11 is 13.3. The number of urea groups is 1. The lowest BCUT2D eigenvalue weighted by Crippen LogP contribution is -2.51. The molecule has 5 rings (SSSR count). The molecule has 0 bridgehead atoms. The van der Waals surface area contributed by atoms with Crippen LogP contribution in [0.25, 0.3) is 0 Å². The fraction of sp³-hybridized carbons (Fsp3) is 0.222. The van der Waals surface area contributed by atoms with Crippen molar-refractivity contribution in [3.63, 3.8) is 0 Å². The molecular formula is C36H33Cl2FN4O5. The zero-order valence-corrected chi connectivity index (χ0v) is 27.6. The summed E-state index contributed by atoms with van der Waals surface area (Å²) in [5.41, 5.74) is 2.83. The average Bonchev–Trinajstić information content (AvgIpc) is 3.07. The third-order valence-electron chi connectivity index (χ3n) is 7.84. The van der Waals surface area contributed by atoms with Gasteiger partial charge in [0.25, 0.3) is 11.8 Å². The van der Waals surface area contributed by atoms with Gasteiger partial charge in [-0.2, -0.15) is 0 Å². The summed E-state index contributed by atoms with van der Waals surface area (Å²) < 4.78 is 19.2. The molecule has 2 N–H and O–H groups in total. The lowest BCUT2D eigenvalue weighted by Gasteiger charge is -2.30. The Hall–Kier alpha value is -4.93. The SMILES string of the molecule is CN(Cc1ccccc1)C(=O)NC[C@H](NC(=O)c1c(Cl)cc2c(c1Cl)CCN(Cc1cccc(F)c1)C2=O)C(=O)OCc1ccccc1. The van der Waals surface area contributed by atoms with Gasteiger partial charge >= 0.3 is 12.0 Å². The Morgan fingerprint density at radius 1 is 0.938 bits per heavy atom. The van der Waals surface area contributed by atoms with E-state index >= 15 is 0 Å². The molecule has 1 heterocycles. The molecule has 1 aliphatic heterocycles. The number of rotatable bonds is 11. The van der Waals surface area contributed by atoms with Gasteiger partial charge in [-0.3, -0.25) is 9.59 Å². The third kappa shape index (κ3) is 8.50. The highest BCUT2D eigenvalue weighted by Gasteiger charge is 2.32. The molecular weight excluding hydrogens is 658 g/mol. The Bertz CT molecular complexity index is 1810. The summed E-state index contributed by atoms with van der Waals surface area (Å²) in [5.74, 6) is -2.33. The van der Waals surface area contributed by atoms with Crippen LogP contribution in [0.15, 0.2) is 91.0 Å². The number of amides is 4. The van der Waals surface area contributed by atoms with E-state index in [1.165, 1.54) is 23.1 Å². The van der Waals surface area contributed by atoms with Crippen molar-refractivity contribution in [2.24, 2.45) is 0 Å². The number of ether oxygens (including phenoxy) is 1. The van der Waals surface area contributed by atoms with Gasteiger partial charge < -0.3 is 25.2 Å². The van der Waals surface area contributed by atoms with Crippen molar-refractivity contribution in [3.8, 4) is 0 Å². The molecule has 0 aromatic heterocycles. The molecule has 4 amide bonds. The number of benzene rings is 4. The number of nitrogens with one attached hydrogen (secondary N) is 2. The van der Waals surface area contributed by atoms with Gasteiger partial charge in [-0.25, -0.2) is 14.0 Å². The van der Waals surface area contributed by atoms with Crippen molar-refractivity contribution in [3.05, 3.63) is 140 Å². The number of nitrogens with zero attached hydrogens (tertiary/aromatic N) is 2. The van der Waals surface area contributed by atoms with E-state index in [1.807, 2.05) is 36.4 Å². The highest BCUT2D eigenvalue weighted by Crippen LogP contribution is 2.35. The molecule has 1 atom stereocenters. The highest BCUT2D eigenvalue weighted by atomic mass is 35.5. The molecule has 0 fully saturated rings. The molecule has 0 unspecified atom stereocenters. The fourth-order valence-electron chi connectivity index (χ4n) is 5.33. The second kappa shape index (κ2) is 15.8. The number of carbonyl (C=O) groups is 4. The largest absolute Gasteiger partial charge is 0.459 e. The molecule has 248 valence electrons. The van der Waals surface area contributed by atoms with Gasteiger partial charge in [-0.1, -0.05) is 96.0 Å². The zero-order chi connectivity index (χ0) is 34.2. The molecule has 9 nitrogen and oxygen atoms in total. The van der Waals surface area contributed by atoms with Crippen LogP contribution < -0.4 is 10.6 Å². The lowest BCUT2D eigenvalue weighted by molar-refractivity contribution is -0.147. The predicted octanol–water partition coefficient (Wildman–Crippen LogP) is 6.01. The van der Waals surface area contributed by atoms with E-state index in [9.17, 15) is 23.6 Å². The van der Waals surface area contributed by atoms with Gasteiger partial charge in [0, 0.05) is 32.2 Å². The third-order valence-corrected chi connectivity index (χ3v) is 8.55. The van der Waals surface area contributed by atoms with E-state index in [0.29, 0.717) is 24.1 Å². The molecule has 4 aromatic rings. The summed E-state index contributed by atoms with van der Waals surface area (Å²) in [7, 11) is 1.61. The van der Waals surface area contributed by atoms with Gasteiger partial charge in [0.1, 0.15) is 18.5 Å². The topological polar surface area (TPSA) is 108 Å². The number of hydrogen-bond acceptors (Lipinski definition) is 5. The first-order valence-electron chi connectivity index (χ1n) is 15.2. The minimum absolute atomic E-state index is 0.0169. The van der Waals surface area contributed by atoms with E-state index < -0.39 is 29.8 Å². The fourth-order valence-corrected chi connectivity index (χ4v) is 6.06. The first-order valence-corrected chi connectivity index (χ1v) is 15.9. The minimum Gasteiger partial charge on any atom is -0.459 e. The Kier molecular flexibility index (Phi) is 11.3. The molecule has 0 saturated carbocycles. The predicted molar refractivity (Wildman–Crippen MR) is 180 cm³/mol. The van der Waals surface area contributed by atoms with Crippen LogP contribution in [0.1, 0.15) is 43.0 Å². The molecule has 0 aliphatic carbocycles.